The third-order valence-corrected chi connectivity index (χ3v) is 28.3. The first-order chi connectivity index (χ1) is 50.4. The topological polar surface area (TPSA) is 273 Å². The van der Waals surface area contributed by atoms with Crippen molar-refractivity contribution in [3.8, 4) is 0 Å². The number of nitrogens with zero attached hydrogens (tertiary/aromatic N) is 5. The normalized spacial score (nSPS) is 23.4. The fourth-order valence-electron chi connectivity index (χ4n) is 17.4. The number of carbonyl (C=O) groups is 4. The molecule has 0 saturated carbocycles. The first kappa shape index (κ1) is 83.3. The maximum atomic E-state index is 13.6. The molecular formula is C85H115N5O15S3. The van der Waals surface area contributed by atoms with Gasteiger partial charge < -0.3 is 24.6 Å². The van der Waals surface area contributed by atoms with Crippen molar-refractivity contribution in [2.24, 2.45) is 44.3 Å². The number of rotatable bonds is 21. The molecule has 2 N–H and O–H groups in total. The molecule has 0 spiro atoms. The molecule has 0 radical (unpaired) electrons. The predicted octanol–water partition coefficient (Wildman–Crippen LogP) is 16.0. The Hall–Kier alpha value is -7.15. The summed E-state index contributed by atoms with van der Waals surface area (Å²) in [6.07, 6.45) is 10.8. The molecule has 12 rings (SSSR count). The number of allylic oxidation sites excluding steroid dienone is 12. The first-order valence-electron chi connectivity index (χ1n) is 38.6. The number of hydrogen-bond acceptors (Lipinski definition) is 15. The van der Waals surface area contributed by atoms with E-state index in [0.29, 0.717) is 105 Å². The number of sulfonamides is 3. The molecule has 3 unspecified atom stereocenters. The number of ether oxygens (including phenoxy) is 1. The Kier molecular flexibility index (Phi) is 25.2. The highest BCUT2D eigenvalue weighted by atomic mass is 32.2. The quantitative estimate of drug-likeness (QED) is 0.0741. The van der Waals surface area contributed by atoms with E-state index in [4.69, 9.17) is 14.4 Å². The molecule has 3 atom stereocenters. The van der Waals surface area contributed by atoms with Crippen LogP contribution in [-0.4, -0.2) is 141 Å². The van der Waals surface area contributed by atoms with Crippen molar-refractivity contribution in [1.82, 2.24) is 12.9 Å². The van der Waals surface area contributed by atoms with Crippen molar-refractivity contribution in [3.05, 3.63) is 156 Å². The minimum absolute atomic E-state index is 0.00534. The number of hydrogen-bond donors (Lipinski definition) is 2. The summed E-state index contributed by atoms with van der Waals surface area (Å²) in [6, 6.07) is 21.5. The van der Waals surface area contributed by atoms with Crippen LogP contribution in [0.5, 0.6) is 0 Å². The Morgan fingerprint density at radius 3 is 1.05 bits per heavy atom. The highest BCUT2D eigenvalue weighted by Gasteiger charge is 2.47. The number of oxime groups is 2. The Labute approximate surface area is 642 Å². The van der Waals surface area contributed by atoms with Gasteiger partial charge in [-0.1, -0.05) is 140 Å². The molecule has 0 bridgehead atoms. The lowest BCUT2D eigenvalue weighted by molar-refractivity contribution is -0.144. The minimum Gasteiger partial charge on any atom is -0.481 e. The largest absolute Gasteiger partial charge is 0.481 e. The number of esters is 1. The average molecular weight is 1540 g/mol. The first-order valence-corrected chi connectivity index (χ1v) is 42.9. The number of carboxylic acid groups (broad SMARTS) is 2. The highest BCUT2D eigenvalue weighted by Crippen LogP contribution is 2.55. The third kappa shape index (κ3) is 18.9. The van der Waals surface area contributed by atoms with Crippen molar-refractivity contribution < 1.29 is 69.1 Å². The fraction of sp³-hybridized carbons (Fsp3) is 0.576. The molecule has 9 aliphatic rings. The van der Waals surface area contributed by atoms with Crippen LogP contribution in [-0.2, 0) is 82.9 Å². The van der Waals surface area contributed by atoms with Crippen molar-refractivity contribution >= 4 is 65.2 Å². The summed E-state index contributed by atoms with van der Waals surface area (Å²) in [4.78, 5) is 62.2. The van der Waals surface area contributed by atoms with Gasteiger partial charge in [-0.05, 0) is 227 Å². The summed E-state index contributed by atoms with van der Waals surface area (Å²) in [5.74, 6) is -2.56. The van der Waals surface area contributed by atoms with E-state index in [-0.39, 0.29) is 69.9 Å². The van der Waals surface area contributed by atoms with E-state index < -0.39 is 53.2 Å². The zero-order chi connectivity index (χ0) is 79.0. The number of carboxylic acids is 2. The number of benzene rings is 3. The zero-order valence-corrected chi connectivity index (χ0v) is 68.9. The van der Waals surface area contributed by atoms with Crippen LogP contribution in [0.25, 0.3) is 0 Å². The van der Waals surface area contributed by atoms with Gasteiger partial charge in [0.2, 0.25) is 30.1 Å². The van der Waals surface area contributed by atoms with Crippen molar-refractivity contribution in [2.75, 3.05) is 45.9 Å². The third-order valence-electron chi connectivity index (χ3n) is 22.3. The SMILES string of the molecule is CC1=C(Cc2ccccc2S(=O)(=O)N2CCCC2)C2=C(CC(C)(C)C/C2=N\OC(C)(C)C)C1CC(=O)O.CC1=C(Cc2ccccc2S(=O)(=O)N2CCCC2)C2=C(CC(C)(C)CC2=O)C1CC(=O)O.CCOC(=O)CC1C(C)=C(Cc2ccccc2S(=O)(=O)N2CCCC2)C2=C1CC(C)(C)C/C2=N\OC(C)(C)C. The summed E-state index contributed by atoms with van der Waals surface area (Å²) in [7, 11) is -10.8. The molecule has 3 saturated heterocycles. The molecule has 3 heterocycles. The minimum atomic E-state index is -3.61. The molecule has 0 aromatic heterocycles. The summed E-state index contributed by atoms with van der Waals surface area (Å²) >= 11 is 0. The lowest BCUT2D eigenvalue weighted by atomic mass is 9.71. The molecule has 23 heteroatoms. The van der Waals surface area contributed by atoms with Crippen molar-refractivity contribution in [1.29, 1.82) is 0 Å². The molecule has 3 fully saturated rings. The summed E-state index contributed by atoms with van der Waals surface area (Å²) in [6.45, 7) is 36.0. The molecule has 3 aromatic carbocycles. The number of aliphatic carboxylic acids is 2. The van der Waals surface area contributed by atoms with Gasteiger partial charge >= 0.3 is 17.9 Å². The Balaban J connectivity index is 0.000000174. The molecule has 588 valence electrons. The second kappa shape index (κ2) is 32.7. The van der Waals surface area contributed by atoms with Gasteiger partial charge in [0, 0.05) is 80.2 Å². The van der Waals surface area contributed by atoms with E-state index in [9.17, 15) is 54.6 Å². The lowest BCUT2D eigenvalue weighted by Crippen LogP contribution is -2.29. The Morgan fingerprint density at radius 2 is 0.741 bits per heavy atom. The van der Waals surface area contributed by atoms with E-state index in [1.54, 1.807) is 45.0 Å². The van der Waals surface area contributed by atoms with Gasteiger partial charge in [0.25, 0.3) is 0 Å². The van der Waals surface area contributed by atoms with Crippen LogP contribution < -0.4 is 0 Å². The number of ketones is 1. The number of carbonyl (C=O) groups excluding carboxylic acids is 2. The number of Topliss-reactive ketones (excluding diaryl/α,β-unsaturated/α-hetero) is 1. The van der Waals surface area contributed by atoms with E-state index in [2.05, 4.69) is 44.9 Å². The van der Waals surface area contributed by atoms with Gasteiger partial charge in [-0.3, -0.25) is 19.2 Å². The van der Waals surface area contributed by atoms with Crippen LogP contribution >= 0.6 is 0 Å². The van der Waals surface area contributed by atoms with Gasteiger partial charge in [-0.25, -0.2) is 25.3 Å². The van der Waals surface area contributed by atoms with Crippen LogP contribution in [0.3, 0.4) is 0 Å². The van der Waals surface area contributed by atoms with Gasteiger partial charge in [-0.15, -0.1) is 0 Å². The van der Waals surface area contributed by atoms with Gasteiger partial charge in [0.1, 0.15) is 11.2 Å². The van der Waals surface area contributed by atoms with E-state index in [1.807, 2.05) is 113 Å². The van der Waals surface area contributed by atoms with Gasteiger partial charge in [0.15, 0.2) is 5.78 Å². The monoisotopic (exact) mass is 1540 g/mol. The summed E-state index contributed by atoms with van der Waals surface area (Å²) < 4.78 is 91.0. The van der Waals surface area contributed by atoms with Gasteiger partial charge in [-0.2, -0.15) is 12.9 Å². The lowest BCUT2D eigenvalue weighted by Gasteiger charge is -2.34. The second-order valence-electron chi connectivity index (χ2n) is 35.2. The fourth-order valence-corrected chi connectivity index (χ4v) is 22.6. The van der Waals surface area contributed by atoms with E-state index >= 15 is 0 Å². The maximum absolute atomic E-state index is 13.6. The van der Waals surface area contributed by atoms with Crippen LogP contribution in [0.1, 0.15) is 224 Å². The van der Waals surface area contributed by atoms with Crippen LogP contribution in [0.4, 0.5) is 0 Å². The average Bonchev–Trinajstić information content (AvgIpc) is 1.59. The van der Waals surface area contributed by atoms with Crippen molar-refractivity contribution in [3.63, 3.8) is 0 Å². The molecule has 108 heavy (non-hydrogen) atoms. The molecular weight excluding hydrogens is 1430 g/mol. The van der Waals surface area contributed by atoms with Gasteiger partial charge in [0.05, 0.1) is 52.0 Å². The van der Waals surface area contributed by atoms with Crippen LogP contribution in [0, 0.1) is 34.0 Å². The molecule has 6 aliphatic carbocycles. The molecule has 20 nitrogen and oxygen atoms in total. The smallest absolute Gasteiger partial charge is 0.306 e. The maximum Gasteiger partial charge on any atom is 0.306 e. The molecule has 3 aliphatic heterocycles. The standard InChI is InChI=1S/C31H44N2O5S.C29H40N2O5S.C25H31NO5S/c1-8-37-28(34)18-23-21(2)24(29-25(23)19-31(6,7)20-26(29)32-38-30(3,4)5)17-22-13-9-10-14-27(22)39(35,36)33-15-11-12-16-33;1-19-21(16-26(32)33)23-17-29(5,6)18-24(30-36-28(2,3)4)27(23)22(19)15-20-11-7-8-12-25(20)37(34,35)31-13-9-10-14-31;1-16-18(13-23(28)29)20-14-25(2,3)15-21(27)24(20)19(16)12-17-8-4-5-9-22(17)32(30,31)26-10-6-7-11-26/h9-10,13-14,23H,8,11-12,15-20H2,1-7H3;7-8,11-12,21H,9-10,13-18H2,1-6H3,(H,32,33);4-5,8-9,18H,6-7,10-15H2,1-3H3,(H,28,29)/b32-26+;30-24+;. The zero-order valence-electron chi connectivity index (χ0n) is 66.5. The molecule has 0 amide bonds. The van der Waals surface area contributed by atoms with E-state index in [1.165, 1.54) is 9.88 Å². The second-order valence-corrected chi connectivity index (χ2v) is 40.9. The summed E-state index contributed by atoms with van der Waals surface area (Å²) in [5, 5.41) is 28.6. The molecule has 3 aromatic rings. The van der Waals surface area contributed by atoms with Crippen LogP contribution in [0.15, 0.2) is 165 Å². The Morgan fingerprint density at radius 1 is 0.454 bits per heavy atom. The summed E-state index contributed by atoms with van der Waals surface area (Å²) in [5.41, 5.74) is 14.2. The van der Waals surface area contributed by atoms with E-state index in [0.717, 1.165) is 136 Å². The Bertz CT molecular complexity index is 4650. The predicted molar refractivity (Wildman–Crippen MR) is 420 cm³/mol. The highest BCUT2D eigenvalue weighted by molar-refractivity contribution is 7.89. The van der Waals surface area contributed by atoms with Crippen LogP contribution in [0.2, 0.25) is 0 Å². The van der Waals surface area contributed by atoms with Crippen molar-refractivity contribution in [2.45, 2.75) is 252 Å².